The molecule has 3 aromatic heterocycles. The van der Waals surface area contributed by atoms with Gasteiger partial charge in [-0.15, -0.1) is 11.3 Å². The third-order valence-corrected chi connectivity index (χ3v) is 6.28. The predicted molar refractivity (Wildman–Crippen MR) is 128 cm³/mol. The lowest BCUT2D eigenvalue weighted by molar-refractivity contribution is -0.115. The van der Waals surface area contributed by atoms with Crippen LogP contribution in [-0.2, 0) is 9.53 Å². The lowest BCUT2D eigenvalue weighted by Crippen LogP contribution is -2.32. The molecule has 0 aromatic carbocycles. The van der Waals surface area contributed by atoms with Crippen molar-refractivity contribution in [1.29, 1.82) is 0 Å². The van der Waals surface area contributed by atoms with Crippen LogP contribution in [0.4, 0.5) is 5.13 Å². The molecule has 2 amide bonds. The topological polar surface area (TPSA) is 110 Å². The van der Waals surface area contributed by atoms with Gasteiger partial charge in [0.15, 0.2) is 5.13 Å². The van der Waals surface area contributed by atoms with E-state index in [1.165, 1.54) is 11.3 Å². The zero-order chi connectivity index (χ0) is 23.4. The Balaban J connectivity index is 1.35. The summed E-state index contributed by atoms with van der Waals surface area (Å²) in [4.78, 5) is 33.8. The van der Waals surface area contributed by atoms with E-state index < -0.39 is 0 Å². The highest BCUT2D eigenvalue weighted by atomic mass is 32.1. The van der Waals surface area contributed by atoms with Gasteiger partial charge in [0.25, 0.3) is 5.91 Å². The van der Waals surface area contributed by atoms with E-state index in [4.69, 9.17) is 9.72 Å². The molecule has 174 valence electrons. The number of aromatic nitrogens is 3. The van der Waals surface area contributed by atoms with E-state index in [1.54, 1.807) is 30.2 Å². The summed E-state index contributed by atoms with van der Waals surface area (Å²) in [6.07, 6.45) is 5.69. The summed E-state index contributed by atoms with van der Waals surface area (Å²) < 4.78 is 7.50. The van der Waals surface area contributed by atoms with Crippen molar-refractivity contribution in [2.45, 2.75) is 44.8 Å². The maximum atomic E-state index is 12.3. The van der Waals surface area contributed by atoms with Crippen LogP contribution in [0.2, 0.25) is 0 Å². The summed E-state index contributed by atoms with van der Waals surface area (Å²) in [7, 11) is 1.75. The fourth-order valence-corrected chi connectivity index (χ4v) is 4.73. The molecule has 1 fully saturated rings. The van der Waals surface area contributed by atoms with Crippen molar-refractivity contribution < 1.29 is 14.3 Å². The lowest BCUT2D eigenvalue weighted by Gasteiger charge is -2.31. The third-order valence-electron chi connectivity index (χ3n) is 5.52. The van der Waals surface area contributed by atoms with E-state index in [-0.39, 0.29) is 30.6 Å². The number of rotatable bonds is 7. The summed E-state index contributed by atoms with van der Waals surface area (Å²) in [6, 6.07) is 7.64. The molecule has 0 aliphatic carbocycles. The fraction of sp³-hybridized carbons (Fsp3) is 0.391. The summed E-state index contributed by atoms with van der Waals surface area (Å²) in [5.41, 5.74) is 5.88. The van der Waals surface area contributed by atoms with Gasteiger partial charge in [0.2, 0.25) is 5.91 Å². The highest BCUT2D eigenvalue weighted by molar-refractivity contribution is 7.14. The number of nitrogens with one attached hydrogen (secondary N) is 3. The number of ether oxygens (including phenoxy) is 1. The molecule has 0 spiro atoms. The van der Waals surface area contributed by atoms with Crippen molar-refractivity contribution in [2.24, 2.45) is 0 Å². The minimum atomic E-state index is -0.343. The number of amides is 2. The number of anilines is 1. The van der Waals surface area contributed by atoms with Crippen LogP contribution in [0.1, 0.15) is 48.7 Å². The van der Waals surface area contributed by atoms with Crippen molar-refractivity contribution in [3.8, 4) is 11.4 Å². The molecule has 3 N–H and O–H groups in total. The summed E-state index contributed by atoms with van der Waals surface area (Å²) in [6.45, 7) is 4.05. The number of carbonyl (C=O) groups excluding carboxylic acids is 2. The maximum Gasteiger partial charge on any atom is 0.253 e. The molecule has 2 unspecified atom stereocenters. The Hall–Kier alpha value is -3.24. The Morgan fingerprint density at radius 2 is 1.94 bits per heavy atom. The van der Waals surface area contributed by atoms with Gasteiger partial charge in [-0.2, -0.15) is 0 Å². The predicted octanol–water partition coefficient (Wildman–Crippen LogP) is 3.22. The second kappa shape index (κ2) is 10.1. The number of pyridine rings is 1. The van der Waals surface area contributed by atoms with E-state index in [9.17, 15) is 9.59 Å². The van der Waals surface area contributed by atoms with E-state index in [2.05, 4.69) is 41.0 Å². The van der Waals surface area contributed by atoms with Crippen LogP contribution in [0.3, 0.4) is 0 Å². The zero-order valence-electron chi connectivity index (χ0n) is 18.9. The first kappa shape index (κ1) is 22.9. The molecule has 1 saturated heterocycles. The standard InChI is InChI=1S/C23H28N6O3S/c1-14-9-17(10-15(2)32-14)18-5-4-6-19(26-18)20-13-33-23(27-20)28-21(30)11-25-22(31)16-7-8-29(12-16)24-3/h4-8,12-15,17,24H,9-11H2,1-3H3,(H,25,31)(H,27,28,30). The fourth-order valence-electron chi connectivity index (χ4n) is 4.01. The van der Waals surface area contributed by atoms with Crippen LogP contribution in [-0.4, -0.2) is 52.3 Å². The zero-order valence-corrected chi connectivity index (χ0v) is 19.7. The van der Waals surface area contributed by atoms with Gasteiger partial charge in [-0.25, -0.2) is 4.98 Å². The molecule has 4 heterocycles. The summed E-state index contributed by atoms with van der Waals surface area (Å²) >= 11 is 1.32. The van der Waals surface area contributed by atoms with Gasteiger partial charge < -0.3 is 20.8 Å². The van der Waals surface area contributed by atoms with Crippen LogP contribution in [0.15, 0.2) is 42.0 Å². The normalized spacial score (nSPS) is 20.3. The number of carbonyl (C=O) groups is 2. The Morgan fingerprint density at radius 1 is 1.15 bits per heavy atom. The van der Waals surface area contributed by atoms with Crippen LogP contribution in [0, 0.1) is 0 Å². The molecule has 0 radical (unpaired) electrons. The number of hydrogen-bond acceptors (Lipinski definition) is 7. The van der Waals surface area contributed by atoms with Gasteiger partial charge in [0, 0.05) is 36.4 Å². The van der Waals surface area contributed by atoms with Crippen molar-refractivity contribution in [2.75, 3.05) is 24.3 Å². The van der Waals surface area contributed by atoms with Gasteiger partial charge in [-0.05, 0) is 44.9 Å². The summed E-state index contributed by atoms with van der Waals surface area (Å²) in [5.74, 6) is -0.309. The molecule has 3 aromatic rings. The highest BCUT2D eigenvalue weighted by Crippen LogP contribution is 2.33. The molecule has 2 atom stereocenters. The Morgan fingerprint density at radius 3 is 2.67 bits per heavy atom. The summed E-state index contributed by atoms with van der Waals surface area (Å²) in [5, 5.41) is 7.68. The van der Waals surface area contributed by atoms with E-state index in [0.29, 0.717) is 22.3 Å². The van der Waals surface area contributed by atoms with Crippen LogP contribution in [0.25, 0.3) is 11.4 Å². The van der Waals surface area contributed by atoms with E-state index >= 15 is 0 Å². The van der Waals surface area contributed by atoms with Gasteiger partial charge in [-0.1, -0.05) is 6.07 Å². The number of hydrogen-bond donors (Lipinski definition) is 3. The van der Waals surface area contributed by atoms with Crippen LogP contribution >= 0.6 is 11.3 Å². The first-order valence-corrected chi connectivity index (χ1v) is 11.8. The number of thiazole rings is 1. The second-order valence-electron chi connectivity index (χ2n) is 8.17. The largest absolute Gasteiger partial charge is 0.376 e. The quantitative estimate of drug-likeness (QED) is 0.491. The van der Waals surface area contributed by atoms with Gasteiger partial charge in [0.05, 0.1) is 30.0 Å². The van der Waals surface area contributed by atoms with Gasteiger partial charge in [-0.3, -0.25) is 19.2 Å². The Kier molecular flexibility index (Phi) is 7.05. The van der Waals surface area contributed by atoms with E-state index in [0.717, 1.165) is 24.2 Å². The Labute approximate surface area is 196 Å². The molecule has 0 saturated carbocycles. The minimum Gasteiger partial charge on any atom is -0.376 e. The second-order valence-corrected chi connectivity index (χ2v) is 9.03. The first-order chi connectivity index (χ1) is 15.9. The Bertz CT molecular complexity index is 1120. The lowest BCUT2D eigenvalue weighted by atomic mass is 9.89. The molecule has 33 heavy (non-hydrogen) atoms. The molecule has 0 bridgehead atoms. The smallest absolute Gasteiger partial charge is 0.253 e. The van der Waals surface area contributed by atoms with Crippen molar-refractivity contribution in [1.82, 2.24) is 20.0 Å². The minimum absolute atomic E-state index is 0.146. The van der Waals surface area contributed by atoms with Gasteiger partial charge in [0.1, 0.15) is 5.69 Å². The molecule has 1 aliphatic heterocycles. The first-order valence-electron chi connectivity index (χ1n) is 10.9. The average molecular weight is 469 g/mol. The molecule has 10 heteroatoms. The highest BCUT2D eigenvalue weighted by Gasteiger charge is 2.26. The molecule has 9 nitrogen and oxygen atoms in total. The monoisotopic (exact) mass is 468 g/mol. The maximum absolute atomic E-state index is 12.3. The average Bonchev–Trinajstić information content (AvgIpc) is 3.47. The molecular weight excluding hydrogens is 440 g/mol. The molecular formula is C23H28N6O3S. The molecule has 4 rings (SSSR count). The van der Waals surface area contributed by atoms with Crippen LogP contribution in [0.5, 0.6) is 0 Å². The third kappa shape index (κ3) is 5.77. The van der Waals surface area contributed by atoms with Crippen molar-refractivity contribution >= 4 is 28.3 Å². The van der Waals surface area contributed by atoms with Crippen molar-refractivity contribution in [3.63, 3.8) is 0 Å². The number of nitrogens with zero attached hydrogens (tertiary/aromatic N) is 3. The van der Waals surface area contributed by atoms with E-state index in [1.807, 2.05) is 17.5 Å². The van der Waals surface area contributed by atoms with Gasteiger partial charge >= 0.3 is 0 Å². The van der Waals surface area contributed by atoms with Crippen LogP contribution < -0.4 is 16.1 Å². The SMILES string of the molecule is CNn1ccc(C(=O)NCC(=O)Nc2nc(-c3cccc(C4CC(C)OC(C)C4)n3)cs2)c1. The van der Waals surface area contributed by atoms with Crippen molar-refractivity contribution in [3.05, 3.63) is 53.3 Å². The molecule has 1 aliphatic rings.